The number of hydrogen-bond donors (Lipinski definition) is 1. The highest BCUT2D eigenvalue weighted by Crippen LogP contribution is 2.37. The molecule has 0 aromatic carbocycles. The van der Waals surface area contributed by atoms with Gasteiger partial charge in [0.2, 0.25) is 0 Å². The summed E-state index contributed by atoms with van der Waals surface area (Å²) in [6.07, 6.45) is 3.86. The Labute approximate surface area is 106 Å². The van der Waals surface area contributed by atoms with Gasteiger partial charge in [-0.15, -0.1) is 0 Å². The zero-order valence-electron chi connectivity index (χ0n) is 11.8. The number of nitrogens with zero attached hydrogens (tertiary/aromatic N) is 2. The van der Waals surface area contributed by atoms with Crippen LogP contribution in [0.3, 0.4) is 0 Å². The van der Waals surface area contributed by atoms with E-state index in [1.165, 1.54) is 52.0 Å². The minimum absolute atomic E-state index is 0.369. The minimum Gasteiger partial charge on any atom is -0.327 e. The van der Waals surface area contributed by atoms with Gasteiger partial charge in [0.1, 0.15) is 0 Å². The molecule has 1 heterocycles. The standard InChI is InChI=1S/C14H29N3/c1-4-17-9-8-16(10-12(17)2)11-14(3)7-5-6-13(14)15/h12-13H,4-11,15H2,1-3H3. The number of hydrogen-bond acceptors (Lipinski definition) is 3. The molecule has 2 aliphatic rings. The Bertz CT molecular complexity index is 256. The molecule has 2 fully saturated rings. The van der Waals surface area contributed by atoms with Gasteiger partial charge >= 0.3 is 0 Å². The topological polar surface area (TPSA) is 32.5 Å². The molecule has 1 aliphatic heterocycles. The largest absolute Gasteiger partial charge is 0.327 e. The Balaban J connectivity index is 1.88. The van der Waals surface area contributed by atoms with Crippen LogP contribution >= 0.6 is 0 Å². The van der Waals surface area contributed by atoms with E-state index in [-0.39, 0.29) is 0 Å². The van der Waals surface area contributed by atoms with Crippen LogP contribution in [0.15, 0.2) is 0 Å². The second kappa shape index (κ2) is 5.25. The quantitative estimate of drug-likeness (QED) is 0.811. The molecule has 1 aliphatic carbocycles. The molecule has 3 unspecified atom stereocenters. The lowest BCUT2D eigenvalue weighted by Crippen LogP contribution is -2.55. The maximum absolute atomic E-state index is 6.28. The molecule has 0 radical (unpaired) electrons. The van der Waals surface area contributed by atoms with Gasteiger partial charge in [0.05, 0.1) is 0 Å². The van der Waals surface area contributed by atoms with Crippen LogP contribution in [-0.2, 0) is 0 Å². The second-order valence-corrected chi connectivity index (χ2v) is 6.37. The molecule has 2 rings (SSSR count). The molecule has 1 saturated carbocycles. The third-order valence-electron chi connectivity index (χ3n) is 5.00. The molecule has 0 spiro atoms. The summed E-state index contributed by atoms with van der Waals surface area (Å²) in [5.74, 6) is 0. The van der Waals surface area contributed by atoms with Crippen LogP contribution in [0.4, 0.5) is 0 Å². The van der Waals surface area contributed by atoms with Crippen LogP contribution in [0.1, 0.15) is 40.0 Å². The number of piperazine rings is 1. The summed E-state index contributed by atoms with van der Waals surface area (Å²) in [4.78, 5) is 5.22. The Kier molecular flexibility index (Phi) is 4.11. The average molecular weight is 239 g/mol. The fourth-order valence-corrected chi connectivity index (χ4v) is 3.65. The molecular formula is C14H29N3. The van der Waals surface area contributed by atoms with E-state index in [4.69, 9.17) is 5.73 Å². The Morgan fingerprint density at radius 2 is 2.12 bits per heavy atom. The van der Waals surface area contributed by atoms with Crippen molar-refractivity contribution in [1.82, 2.24) is 9.80 Å². The fraction of sp³-hybridized carbons (Fsp3) is 1.00. The fourth-order valence-electron chi connectivity index (χ4n) is 3.65. The minimum atomic E-state index is 0.369. The molecule has 3 heteroatoms. The summed E-state index contributed by atoms with van der Waals surface area (Å²) in [6.45, 7) is 13.1. The van der Waals surface area contributed by atoms with E-state index in [2.05, 4.69) is 30.6 Å². The van der Waals surface area contributed by atoms with Gasteiger partial charge in [-0.3, -0.25) is 9.80 Å². The zero-order chi connectivity index (χ0) is 12.5. The van der Waals surface area contributed by atoms with Crippen LogP contribution in [-0.4, -0.2) is 54.6 Å². The van der Waals surface area contributed by atoms with E-state index >= 15 is 0 Å². The highest BCUT2D eigenvalue weighted by molar-refractivity contribution is 4.94. The maximum atomic E-state index is 6.28. The predicted molar refractivity (Wildman–Crippen MR) is 73.1 cm³/mol. The molecule has 0 aromatic heterocycles. The Hall–Kier alpha value is -0.120. The smallest absolute Gasteiger partial charge is 0.0195 e. The van der Waals surface area contributed by atoms with Gasteiger partial charge in [0, 0.05) is 38.3 Å². The third kappa shape index (κ3) is 2.83. The van der Waals surface area contributed by atoms with Crippen molar-refractivity contribution in [3.63, 3.8) is 0 Å². The number of rotatable bonds is 3. The van der Waals surface area contributed by atoms with Crippen molar-refractivity contribution in [2.75, 3.05) is 32.7 Å². The van der Waals surface area contributed by atoms with Crippen LogP contribution in [0, 0.1) is 5.41 Å². The third-order valence-corrected chi connectivity index (χ3v) is 5.00. The summed E-state index contributed by atoms with van der Waals surface area (Å²) >= 11 is 0. The lowest BCUT2D eigenvalue weighted by atomic mass is 9.84. The Morgan fingerprint density at radius 1 is 1.35 bits per heavy atom. The molecule has 2 N–H and O–H groups in total. The van der Waals surface area contributed by atoms with Gasteiger partial charge in [-0.1, -0.05) is 20.3 Å². The molecule has 17 heavy (non-hydrogen) atoms. The number of likely N-dealkylation sites (N-methyl/N-ethyl adjacent to an activating group) is 1. The summed E-state index contributed by atoms with van der Waals surface area (Å²) in [6, 6.07) is 1.12. The van der Waals surface area contributed by atoms with Gasteiger partial charge < -0.3 is 5.73 Å². The van der Waals surface area contributed by atoms with Gasteiger partial charge in [-0.2, -0.15) is 0 Å². The molecule has 3 nitrogen and oxygen atoms in total. The lowest BCUT2D eigenvalue weighted by Gasteiger charge is -2.43. The van der Waals surface area contributed by atoms with Crippen LogP contribution in [0.25, 0.3) is 0 Å². The van der Waals surface area contributed by atoms with Crippen LogP contribution < -0.4 is 5.73 Å². The van der Waals surface area contributed by atoms with Gasteiger partial charge in [0.15, 0.2) is 0 Å². The first-order valence-corrected chi connectivity index (χ1v) is 7.27. The van der Waals surface area contributed by atoms with Crippen molar-refractivity contribution in [2.45, 2.75) is 52.1 Å². The molecular weight excluding hydrogens is 210 g/mol. The summed E-state index contributed by atoms with van der Waals surface area (Å²) in [5.41, 5.74) is 6.65. The molecule has 0 amide bonds. The molecule has 0 aromatic rings. The van der Waals surface area contributed by atoms with E-state index in [0.29, 0.717) is 17.5 Å². The maximum Gasteiger partial charge on any atom is 0.0195 e. The summed E-state index contributed by atoms with van der Waals surface area (Å²) in [7, 11) is 0. The van der Waals surface area contributed by atoms with Crippen molar-refractivity contribution in [2.24, 2.45) is 11.1 Å². The average Bonchev–Trinajstić information content (AvgIpc) is 2.59. The van der Waals surface area contributed by atoms with Gasteiger partial charge in [0.25, 0.3) is 0 Å². The van der Waals surface area contributed by atoms with Crippen molar-refractivity contribution in [1.29, 1.82) is 0 Å². The molecule has 3 atom stereocenters. The highest BCUT2D eigenvalue weighted by atomic mass is 15.3. The summed E-state index contributed by atoms with van der Waals surface area (Å²) in [5, 5.41) is 0. The number of nitrogens with two attached hydrogens (primary N) is 1. The van der Waals surface area contributed by atoms with E-state index in [1.54, 1.807) is 0 Å². The molecule has 100 valence electrons. The van der Waals surface area contributed by atoms with E-state index < -0.39 is 0 Å². The first kappa shape index (κ1) is 13.3. The Morgan fingerprint density at radius 3 is 2.65 bits per heavy atom. The van der Waals surface area contributed by atoms with Crippen molar-refractivity contribution in [3.05, 3.63) is 0 Å². The van der Waals surface area contributed by atoms with E-state index in [0.717, 1.165) is 0 Å². The van der Waals surface area contributed by atoms with Crippen molar-refractivity contribution in [3.8, 4) is 0 Å². The predicted octanol–water partition coefficient (Wildman–Crippen LogP) is 1.53. The second-order valence-electron chi connectivity index (χ2n) is 6.37. The normalized spacial score (nSPS) is 40.9. The van der Waals surface area contributed by atoms with Crippen LogP contribution in [0.2, 0.25) is 0 Å². The van der Waals surface area contributed by atoms with E-state index in [9.17, 15) is 0 Å². The van der Waals surface area contributed by atoms with E-state index in [1.807, 2.05) is 0 Å². The molecule has 0 bridgehead atoms. The van der Waals surface area contributed by atoms with Crippen molar-refractivity contribution >= 4 is 0 Å². The summed E-state index contributed by atoms with van der Waals surface area (Å²) < 4.78 is 0. The first-order chi connectivity index (χ1) is 8.05. The first-order valence-electron chi connectivity index (χ1n) is 7.27. The SMILES string of the molecule is CCN1CCN(CC2(C)CCCC2N)CC1C. The zero-order valence-corrected chi connectivity index (χ0v) is 11.8. The van der Waals surface area contributed by atoms with Gasteiger partial charge in [-0.25, -0.2) is 0 Å². The van der Waals surface area contributed by atoms with Crippen molar-refractivity contribution < 1.29 is 0 Å². The van der Waals surface area contributed by atoms with Gasteiger partial charge in [-0.05, 0) is 31.7 Å². The lowest BCUT2D eigenvalue weighted by molar-refractivity contribution is 0.0554. The molecule has 1 saturated heterocycles. The highest BCUT2D eigenvalue weighted by Gasteiger charge is 2.38. The monoisotopic (exact) mass is 239 g/mol. The van der Waals surface area contributed by atoms with Crippen LogP contribution in [0.5, 0.6) is 0 Å².